The van der Waals surface area contributed by atoms with Crippen molar-refractivity contribution in [2.75, 3.05) is 20.2 Å². The van der Waals surface area contributed by atoms with Crippen LogP contribution in [0.25, 0.3) is 0 Å². The predicted molar refractivity (Wildman–Crippen MR) is 105 cm³/mol. The van der Waals surface area contributed by atoms with Gasteiger partial charge in [-0.1, -0.05) is 26.0 Å². The molecule has 0 aromatic heterocycles. The lowest BCUT2D eigenvalue weighted by Gasteiger charge is -2.37. The summed E-state index contributed by atoms with van der Waals surface area (Å²) in [6, 6.07) is 7.29. The number of benzene rings is 1. The van der Waals surface area contributed by atoms with Crippen LogP contribution in [0.4, 0.5) is 0 Å². The molecule has 0 saturated carbocycles. The number of hydrogen-bond donors (Lipinski definition) is 6. The van der Waals surface area contributed by atoms with Gasteiger partial charge in [0, 0.05) is 12.5 Å². The van der Waals surface area contributed by atoms with E-state index in [9.17, 15) is 15.0 Å². The first kappa shape index (κ1) is 25.3. The minimum atomic E-state index is -1.20. The molecule has 29 heavy (non-hydrogen) atoms. The Hall–Kier alpha value is -1.75. The Morgan fingerprint density at radius 1 is 1.38 bits per heavy atom. The second kappa shape index (κ2) is 11.4. The van der Waals surface area contributed by atoms with Gasteiger partial charge in [-0.2, -0.15) is 0 Å². The summed E-state index contributed by atoms with van der Waals surface area (Å²) in [6.07, 6.45) is -3.19. The van der Waals surface area contributed by atoms with Gasteiger partial charge in [0.1, 0.15) is 18.0 Å². The number of carboxylic acid groups (broad SMARTS) is 1. The standard InChI is InChI=1S/C15H25NO3.C5H8O5/c1-5-15(18,11(2)10-16-4)13-7-6-8-14(9-13)19-12(3)17;6-1-2-3(7)4(10-2)5(8)9/h6-9,11-12,16-18H,5,10H2,1-4H3;2-4,6-7H,1H2,(H,8,9)/t;2-,3?,4?/m.0/s1. The van der Waals surface area contributed by atoms with Gasteiger partial charge >= 0.3 is 5.97 Å². The van der Waals surface area contributed by atoms with E-state index in [0.717, 1.165) is 12.1 Å². The van der Waals surface area contributed by atoms with Gasteiger partial charge in [-0.15, -0.1) is 0 Å². The SMILES string of the molecule is CCC(O)(c1cccc(OC(C)O)c1)C(C)CNC.O=C(O)C1O[C@@H](CO)C1O. The molecule has 1 aliphatic rings. The van der Waals surface area contributed by atoms with Crippen molar-refractivity contribution < 1.29 is 39.8 Å². The van der Waals surface area contributed by atoms with Gasteiger partial charge in [0.15, 0.2) is 12.4 Å². The van der Waals surface area contributed by atoms with Gasteiger partial charge in [0.2, 0.25) is 0 Å². The average molecular weight is 415 g/mol. The normalized spacial score (nSPS) is 24.9. The number of nitrogens with one attached hydrogen (secondary N) is 1. The van der Waals surface area contributed by atoms with Crippen molar-refractivity contribution in [3.8, 4) is 5.75 Å². The molecule has 0 bridgehead atoms. The lowest BCUT2D eigenvalue weighted by Crippen LogP contribution is -2.58. The van der Waals surface area contributed by atoms with Crippen molar-refractivity contribution in [3.05, 3.63) is 29.8 Å². The van der Waals surface area contributed by atoms with Gasteiger partial charge in [-0.05, 0) is 38.1 Å². The third-order valence-corrected chi connectivity index (χ3v) is 4.94. The summed E-state index contributed by atoms with van der Waals surface area (Å²) in [4.78, 5) is 10.1. The van der Waals surface area contributed by atoms with E-state index in [1.807, 2.05) is 33.0 Å². The quantitative estimate of drug-likeness (QED) is 0.308. The molecule has 1 aromatic rings. The maximum absolute atomic E-state index is 10.9. The maximum Gasteiger partial charge on any atom is 0.335 e. The molecule has 9 heteroatoms. The summed E-state index contributed by atoms with van der Waals surface area (Å²) in [6.45, 7) is 5.93. The van der Waals surface area contributed by atoms with Crippen molar-refractivity contribution in [1.29, 1.82) is 0 Å². The zero-order valence-electron chi connectivity index (χ0n) is 17.3. The highest BCUT2D eigenvalue weighted by Crippen LogP contribution is 2.34. The smallest absolute Gasteiger partial charge is 0.335 e. The second-order valence-corrected chi connectivity index (χ2v) is 7.09. The fourth-order valence-electron chi connectivity index (χ4n) is 3.16. The first-order valence-corrected chi connectivity index (χ1v) is 9.60. The molecular weight excluding hydrogens is 382 g/mol. The Bertz CT molecular complexity index is 641. The monoisotopic (exact) mass is 415 g/mol. The van der Waals surface area contributed by atoms with Crippen LogP contribution in [0.3, 0.4) is 0 Å². The number of hydrogen-bond acceptors (Lipinski definition) is 8. The fraction of sp³-hybridized carbons (Fsp3) is 0.650. The van der Waals surface area contributed by atoms with Crippen LogP contribution in [-0.2, 0) is 15.1 Å². The molecule has 9 nitrogen and oxygen atoms in total. The van der Waals surface area contributed by atoms with Crippen LogP contribution < -0.4 is 10.1 Å². The van der Waals surface area contributed by atoms with Crippen LogP contribution in [-0.4, -0.2) is 76.3 Å². The third kappa shape index (κ3) is 6.63. The molecule has 0 spiro atoms. The number of ether oxygens (including phenoxy) is 2. The summed E-state index contributed by atoms with van der Waals surface area (Å²) in [5.74, 6) is -0.558. The summed E-state index contributed by atoms with van der Waals surface area (Å²) >= 11 is 0. The molecule has 166 valence electrons. The molecule has 6 N–H and O–H groups in total. The van der Waals surface area contributed by atoms with Gasteiger partial charge < -0.3 is 40.3 Å². The van der Waals surface area contributed by atoms with Crippen LogP contribution in [0.15, 0.2) is 24.3 Å². The summed E-state index contributed by atoms with van der Waals surface area (Å²) in [5.41, 5.74) is -0.0861. The Labute approximate surface area is 170 Å². The molecule has 5 unspecified atom stereocenters. The van der Waals surface area contributed by atoms with E-state index in [0.29, 0.717) is 12.2 Å². The highest BCUT2D eigenvalue weighted by Gasteiger charge is 2.45. The van der Waals surface area contributed by atoms with Gasteiger partial charge in [0.25, 0.3) is 0 Å². The van der Waals surface area contributed by atoms with Crippen LogP contribution in [0.1, 0.15) is 32.8 Å². The Kier molecular flexibility index (Phi) is 9.97. The van der Waals surface area contributed by atoms with Crippen molar-refractivity contribution in [2.24, 2.45) is 5.92 Å². The minimum Gasteiger partial charge on any atom is -0.479 e. The molecule has 0 amide bonds. The van der Waals surface area contributed by atoms with E-state index in [1.54, 1.807) is 19.1 Å². The largest absolute Gasteiger partial charge is 0.479 e. The van der Waals surface area contributed by atoms with Gasteiger partial charge in [-0.3, -0.25) is 0 Å². The number of carboxylic acids is 1. The number of aliphatic carboxylic acids is 1. The van der Waals surface area contributed by atoms with Crippen LogP contribution in [0.2, 0.25) is 0 Å². The van der Waals surface area contributed by atoms with Crippen molar-refractivity contribution in [1.82, 2.24) is 5.32 Å². The van der Waals surface area contributed by atoms with E-state index < -0.39 is 36.2 Å². The molecular formula is C20H33NO8. The molecule has 1 fully saturated rings. The molecule has 1 saturated heterocycles. The fourth-order valence-corrected chi connectivity index (χ4v) is 3.16. The predicted octanol–water partition coefficient (Wildman–Crippen LogP) is 0.0484. The molecule has 6 atom stereocenters. The van der Waals surface area contributed by atoms with Crippen molar-refractivity contribution in [2.45, 2.75) is 57.4 Å². The summed E-state index contributed by atoms with van der Waals surface area (Å²) in [7, 11) is 1.87. The number of rotatable bonds is 9. The first-order chi connectivity index (χ1) is 13.6. The molecule has 1 aliphatic heterocycles. The number of carbonyl (C=O) groups is 1. The van der Waals surface area contributed by atoms with Gasteiger partial charge in [-0.25, -0.2) is 4.79 Å². The Morgan fingerprint density at radius 3 is 2.48 bits per heavy atom. The third-order valence-electron chi connectivity index (χ3n) is 4.94. The molecule has 2 rings (SSSR count). The first-order valence-electron chi connectivity index (χ1n) is 9.60. The second-order valence-electron chi connectivity index (χ2n) is 7.09. The topological polar surface area (TPSA) is 149 Å². The van der Waals surface area contributed by atoms with Crippen LogP contribution >= 0.6 is 0 Å². The van der Waals surface area contributed by atoms with E-state index >= 15 is 0 Å². The Morgan fingerprint density at radius 2 is 2.03 bits per heavy atom. The van der Waals surface area contributed by atoms with Crippen molar-refractivity contribution in [3.63, 3.8) is 0 Å². The molecule has 1 heterocycles. The molecule has 0 radical (unpaired) electrons. The highest BCUT2D eigenvalue weighted by atomic mass is 16.6. The zero-order chi connectivity index (χ0) is 22.2. The van der Waals surface area contributed by atoms with Gasteiger partial charge in [0.05, 0.1) is 12.2 Å². The number of aliphatic hydroxyl groups excluding tert-OH is 3. The molecule has 1 aromatic carbocycles. The summed E-state index contributed by atoms with van der Waals surface area (Å²) in [5, 5.41) is 48.7. The minimum absolute atomic E-state index is 0.0734. The zero-order valence-corrected chi connectivity index (χ0v) is 17.3. The maximum atomic E-state index is 10.9. The molecule has 0 aliphatic carbocycles. The van der Waals surface area contributed by atoms with Crippen LogP contribution in [0.5, 0.6) is 5.75 Å². The Balaban J connectivity index is 0.000000352. The van der Waals surface area contributed by atoms with E-state index in [-0.39, 0.29) is 12.5 Å². The highest BCUT2D eigenvalue weighted by molar-refractivity contribution is 5.74. The average Bonchev–Trinajstić information content (AvgIpc) is 2.66. The lowest BCUT2D eigenvalue weighted by molar-refractivity contribution is -0.237. The van der Waals surface area contributed by atoms with Crippen LogP contribution in [0, 0.1) is 5.92 Å². The summed E-state index contributed by atoms with van der Waals surface area (Å²) < 4.78 is 9.83. The van der Waals surface area contributed by atoms with E-state index in [2.05, 4.69) is 10.1 Å². The number of aliphatic hydroxyl groups is 4. The lowest BCUT2D eigenvalue weighted by atomic mass is 9.80. The van der Waals surface area contributed by atoms with Crippen molar-refractivity contribution >= 4 is 5.97 Å². The van der Waals surface area contributed by atoms with E-state index in [4.69, 9.17) is 20.1 Å². The van der Waals surface area contributed by atoms with E-state index in [1.165, 1.54) is 0 Å².